The number of hydroxylamine groups is 1. The van der Waals surface area contributed by atoms with Crippen molar-refractivity contribution in [3.8, 4) is 0 Å². The normalized spacial score (nSPS) is 9.71. The van der Waals surface area contributed by atoms with Crippen LogP contribution in [-0.2, 0) is 9.63 Å². The average Bonchev–Trinajstić information content (AvgIpc) is 2.31. The molecule has 3 nitrogen and oxygen atoms in total. The molecule has 0 aliphatic heterocycles. The first-order chi connectivity index (χ1) is 7.91. The quantitative estimate of drug-likeness (QED) is 0.237. The van der Waals surface area contributed by atoms with Gasteiger partial charge in [0.1, 0.15) is 0 Å². The van der Waals surface area contributed by atoms with Gasteiger partial charge < -0.3 is 4.84 Å². The maximum absolute atomic E-state index is 9.80. The van der Waals surface area contributed by atoms with Crippen LogP contribution < -0.4 is 5.48 Å². The van der Waals surface area contributed by atoms with Crippen molar-refractivity contribution in [1.29, 1.82) is 0 Å². The van der Waals surface area contributed by atoms with Crippen LogP contribution in [0.15, 0.2) is 0 Å². The molecule has 0 atom stereocenters. The molecule has 98 valence electrons. The van der Waals surface area contributed by atoms with E-state index in [0.29, 0.717) is 6.47 Å². The van der Waals surface area contributed by atoms with Gasteiger partial charge in [0.15, 0.2) is 0 Å². The van der Waals surface area contributed by atoms with Gasteiger partial charge >= 0.3 is 36.0 Å². The molecule has 0 aromatic carbocycles. The van der Waals surface area contributed by atoms with E-state index in [9.17, 15) is 4.79 Å². The summed E-state index contributed by atoms with van der Waals surface area (Å²) in [5.41, 5.74) is 2.59. The Balaban J connectivity index is 0. The van der Waals surface area contributed by atoms with Crippen molar-refractivity contribution in [2.24, 2.45) is 0 Å². The first-order valence-corrected chi connectivity index (χ1v) is 6.74. The number of unbranched alkanes of at least 4 members (excludes halogenated alkanes) is 9. The van der Waals surface area contributed by atoms with Gasteiger partial charge in [-0.3, -0.25) is 4.79 Å². The molecule has 0 aromatic heterocycles. The number of nitrogens with one attached hydrogen (secondary N) is 1. The zero-order valence-corrected chi connectivity index (χ0v) is 10.7. The second kappa shape index (κ2) is 18.8. The van der Waals surface area contributed by atoms with Gasteiger partial charge in [0.05, 0.1) is 0 Å². The van der Waals surface area contributed by atoms with Crippen LogP contribution in [0, 0.1) is 0 Å². The third-order valence-corrected chi connectivity index (χ3v) is 2.76. The Morgan fingerprint density at radius 1 is 0.882 bits per heavy atom. The second-order valence-corrected chi connectivity index (χ2v) is 4.29. The predicted octanol–water partition coefficient (Wildman–Crippen LogP) is 2.94. The van der Waals surface area contributed by atoms with Crippen molar-refractivity contribution in [3.05, 3.63) is 0 Å². The van der Waals surface area contributed by atoms with Crippen molar-refractivity contribution in [2.45, 2.75) is 71.1 Å². The zero-order valence-electron chi connectivity index (χ0n) is 10.7. The summed E-state index contributed by atoms with van der Waals surface area (Å²) in [5.74, 6) is 0. The summed E-state index contributed by atoms with van der Waals surface area (Å²) >= 11 is 0. The molecule has 0 saturated heterocycles. The minimum atomic E-state index is 0. The maximum atomic E-state index is 9.80. The van der Waals surface area contributed by atoms with Crippen LogP contribution in [0.1, 0.15) is 71.1 Å². The summed E-state index contributed by atoms with van der Waals surface area (Å²) in [6.07, 6.45) is 13.3. The fourth-order valence-corrected chi connectivity index (χ4v) is 1.78. The van der Waals surface area contributed by atoms with E-state index in [1.807, 2.05) is 0 Å². The van der Waals surface area contributed by atoms with Gasteiger partial charge in [-0.25, -0.2) is 0 Å². The fraction of sp³-hybridized carbons (Fsp3) is 0.923. The summed E-state index contributed by atoms with van der Waals surface area (Å²) in [6, 6.07) is 0. The van der Waals surface area contributed by atoms with Crippen LogP contribution in [0.2, 0.25) is 0 Å². The Kier molecular flexibility index (Phi) is 21.8. The molecular weight excluding hydrogens is 225 g/mol. The first kappa shape index (κ1) is 19.8. The number of rotatable bonds is 13. The molecule has 4 heteroatoms. The molecule has 0 saturated carbocycles. The van der Waals surface area contributed by atoms with E-state index >= 15 is 0 Å². The molecule has 1 N–H and O–H groups in total. The molecule has 0 fully saturated rings. The monoisotopic (exact) mass is 253 g/mol. The number of hydrogen-bond acceptors (Lipinski definition) is 3. The molecule has 0 rings (SSSR count). The van der Waals surface area contributed by atoms with Crippen LogP contribution in [0.3, 0.4) is 0 Å². The van der Waals surface area contributed by atoms with Gasteiger partial charge in [0.25, 0.3) is 0 Å². The summed E-state index contributed by atoms with van der Waals surface area (Å²) < 4.78 is 0. The van der Waals surface area contributed by atoms with Gasteiger partial charge in [0.2, 0.25) is 0 Å². The van der Waals surface area contributed by atoms with Crippen LogP contribution in [-0.4, -0.2) is 42.6 Å². The van der Waals surface area contributed by atoms with Crippen molar-refractivity contribution in [3.63, 3.8) is 0 Å². The van der Waals surface area contributed by atoms with Gasteiger partial charge in [0, 0.05) is 6.54 Å². The third kappa shape index (κ3) is 19.0. The van der Waals surface area contributed by atoms with E-state index in [1.165, 1.54) is 57.8 Å². The number of carbonyl (C=O) groups excluding carboxylic acids is 1. The van der Waals surface area contributed by atoms with Crippen LogP contribution in [0.25, 0.3) is 0 Å². The number of carbonyl (C=O) groups is 1. The van der Waals surface area contributed by atoms with E-state index < -0.39 is 0 Å². The topological polar surface area (TPSA) is 38.3 Å². The van der Waals surface area contributed by atoms with E-state index in [4.69, 9.17) is 0 Å². The minimum absolute atomic E-state index is 0. The second-order valence-electron chi connectivity index (χ2n) is 4.29. The third-order valence-electron chi connectivity index (χ3n) is 2.76. The summed E-state index contributed by atoms with van der Waals surface area (Å²) in [6.45, 7) is 3.45. The molecule has 0 radical (unpaired) electrons. The molecule has 17 heavy (non-hydrogen) atoms. The molecule has 0 aromatic rings. The Morgan fingerprint density at radius 2 is 1.35 bits per heavy atom. The Morgan fingerprint density at radius 3 is 1.82 bits per heavy atom. The van der Waals surface area contributed by atoms with Gasteiger partial charge in [-0.15, -0.1) is 0 Å². The van der Waals surface area contributed by atoms with Crippen LogP contribution in [0.5, 0.6) is 0 Å². The predicted molar refractivity (Wildman–Crippen MR) is 74.1 cm³/mol. The van der Waals surface area contributed by atoms with E-state index in [1.54, 1.807) is 0 Å². The standard InChI is InChI=1S/C13H27NO2.Na.H/c1-2-3-4-5-6-7-8-9-10-11-12-14-16-13-15;;/h13-14H,2-12H2,1H3;;. The van der Waals surface area contributed by atoms with Gasteiger partial charge in [-0.1, -0.05) is 64.7 Å². The molecule has 0 spiro atoms. The molecule has 0 heterocycles. The summed E-state index contributed by atoms with van der Waals surface area (Å²) in [4.78, 5) is 14.2. The molecular formula is C13H28NNaO2. The van der Waals surface area contributed by atoms with Crippen molar-refractivity contribution in [2.75, 3.05) is 6.54 Å². The van der Waals surface area contributed by atoms with Gasteiger partial charge in [-0.05, 0) is 6.42 Å². The van der Waals surface area contributed by atoms with Crippen molar-refractivity contribution >= 4 is 36.0 Å². The van der Waals surface area contributed by atoms with Crippen molar-refractivity contribution in [1.82, 2.24) is 5.48 Å². The van der Waals surface area contributed by atoms with E-state index in [2.05, 4.69) is 17.2 Å². The Bertz CT molecular complexity index is 145. The summed E-state index contributed by atoms with van der Waals surface area (Å²) in [7, 11) is 0. The summed E-state index contributed by atoms with van der Waals surface area (Å²) in [5, 5.41) is 0. The molecule has 0 amide bonds. The fourth-order valence-electron chi connectivity index (χ4n) is 1.78. The van der Waals surface area contributed by atoms with E-state index in [0.717, 1.165) is 13.0 Å². The average molecular weight is 253 g/mol. The zero-order chi connectivity index (χ0) is 11.9. The first-order valence-electron chi connectivity index (χ1n) is 6.74. The van der Waals surface area contributed by atoms with E-state index in [-0.39, 0.29) is 29.6 Å². The van der Waals surface area contributed by atoms with Crippen molar-refractivity contribution < 1.29 is 9.63 Å². The Hall–Kier alpha value is 0.430. The van der Waals surface area contributed by atoms with Gasteiger partial charge in [-0.2, -0.15) is 5.48 Å². The molecule has 0 bridgehead atoms. The molecule has 0 aliphatic carbocycles. The Labute approximate surface area is 128 Å². The van der Waals surface area contributed by atoms with Crippen LogP contribution >= 0.6 is 0 Å². The van der Waals surface area contributed by atoms with Crippen LogP contribution in [0.4, 0.5) is 0 Å². The molecule has 0 unspecified atom stereocenters. The SMILES string of the molecule is CCCCCCCCCCCCNOC=O.[NaH]. The molecule has 0 aliphatic rings. The number of hydrogen-bond donors (Lipinski definition) is 1.